The van der Waals surface area contributed by atoms with Gasteiger partial charge in [-0.2, -0.15) is 9.59 Å². The van der Waals surface area contributed by atoms with E-state index in [0.29, 0.717) is 0 Å². The molecule has 0 bridgehead atoms. The number of benzene rings is 1. The molecule has 21 heavy (non-hydrogen) atoms. The summed E-state index contributed by atoms with van der Waals surface area (Å²) in [4.78, 5) is 27.0. The van der Waals surface area contributed by atoms with E-state index in [2.05, 4.69) is 0 Å². The molecule has 0 unspecified atom stereocenters. The first-order valence-electron chi connectivity index (χ1n) is 7.31. The second-order valence-corrected chi connectivity index (χ2v) is 5.52. The van der Waals surface area contributed by atoms with E-state index < -0.39 is 0 Å². The number of rotatable bonds is 4. The number of nitro groups is 1. The molecular formula is C16H21NO4. The topological polar surface area (TPSA) is 77.3 Å². The Morgan fingerprint density at radius 3 is 2.43 bits per heavy atom. The Hall–Kier alpha value is -2.00. The maximum absolute atomic E-state index is 11.0. The van der Waals surface area contributed by atoms with Crippen LogP contribution in [0.4, 0.5) is 5.69 Å². The third-order valence-corrected chi connectivity index (χ3v) is 3.98. The Morgan fingerprint density at radius 2 is 1.86 bits per heavy atom. The predicted molar refractivity (Wildman–Crippen MR) is 77.7 cm³/mol. The molecule has 5 nitrogen and oxygen atoms in total. The van der Waals surface area contributed by atoms with Crippen LogP contribution in [0.15, 0.2) is 18.2 Å². The van der Waals surface area contributed by atoms with Crippen LogP contribution in [-0.2, 0) is 16.0 Å². The zero-order valence-corrected chi connectivity index (χ0v) is 12.3. The molecule has 1 saturated carbocycles. The average Bonchev–Trinajstić information content (AvgIpc) is 2.47. The van der Waals surface area contributed by atoms with Gasteiger partial charge in [0.1, 0.15) is 0 Å². The molecule has 1 fully saturated rings. The number of nitrogens with zero attached hydrogens (tertiary/aromatic N) is 1. The average molecular weight is 291 g/mol. The Bertz CT molecular complexity index is 501. The smallest absolute Gasteiger partial charge is 0.258 e. The number of hydrogen-bond acceptors (Lipinski definition) is 4. The van der Waals surface area contributed by atoms with Crippen LogP contribution in [0.3, 0.4) is 0 Å². The number of carbonyl (C=O) groups excluding carboxylic acids is 2. The molecule has 0 aromatic heterocycles. The number of nitro benzene ring substituents is 1. The molecule has 0 atom stereocenters. The quantitative estimate of drug-likeness (QED) is 0.624. The van der Waals surface area contributed by atoms with Crippen molar-refractivity contribution >= 4 is 11.8 Å². The summed E-state index contributed by atoms with van der Waals surface area (Å²) in [6.45, 7) is 1.99. The van der Waals surface area contributed by atoms with Gasteiger partial charge in [-0.05, 0) is 31.7 Å². The molecule has 0 aliphatic heterocycles. The summed E-state index contributed by atoms with van der Waals surface area (Å²) in [5, 5.41) is 11.0. The monoisotopic (exact) mass is 291 g/mol. The van der Waals surface area contributed by atoms with Gasteiger partial charge in [0.15, 0.2) is 0 Å². The first-order chi connectivity index (χ1) is 10.1. The van der Waals surface area contributed by atoms with Crippen molar-refractivity contribution in [1.29, 1.82) is 0 Å². The Balaban J connectivity index is 0.000000677. The van der Waals surface area contributed by atoms with Crippen molar-refractivity contribution in [2.75, 3.05) is 0 Å². The highest BCUT2D eigenvalue weighted by Crippen LogP contribution is 2.29. The maximum Gasteiger partial charge on any atom is 0.373 e. The first-order valence-corrected chi connectivity index (χ1v) is 7.31. The largest absolute Gasteiger partial charge is 0.373 e. The van der Waals surface area contributed by atoms with E-state index >= 15 is 0 Å². The lowest BCUT2D eigenvalue weighted by atomic mass is 9.85. The Labute approximate surface area is 124 Å². The molecule has 0 amide bonds. The Kier molecular flexibility index (Phi) is 7.33. The lowest BCUT2D eigenvalue weighted by Gasteiger charge is -2.21. The standard InChI is InChI=1S/C15H21NO2.CO2/c1-12-7-10-15(16(17)18)14(11-12)9-8-13-5-3-2-4-6-13;2-1-3/h7,10-11,13H,2-6,8-9H2,1H3;. The van der Waals surface area contributed by atoms with Crippen LogP contribution in [0.5, 0.6) is 0 Å². The van der Waals surface area contributed by atoms with Crippen molar-refractivity contribution in [1.82, 2.24) is 0 Å². The van der Waals surface area contributed by atoms with Gasteiger partial charge in [-0.3, -0.25) is 10.1 Å². The normalized spacial score (nSPS) is 14.7. The summed E-state index contributed by atoms with van der Waals surface area (Å²) in [5.41, 5.74) is 2.31. The zero-order valence-electron chi connectivity index (χ0n) is 12.3. The van der Waals surface area contributed by atoms with Crippen LogP contribution in [-0.4, -0.2) is 11.1 Å². The van der Waals surface area contributed by atoms with Crippen LogP contribution in [0, 0.1) is 23.0 Å². The van der Waals surface area contributed by atoms with Gasteiger partial charge in [0.25, 0.3) is 5.69 Å². The van der Waals surface area contributed by atoms with Crippen molar-refractivity contribution in [3.8, 4) is 0 Å². The zero-order chi connectivity index (χ0) is 15.7. The molecule has 114 valence electrons. The summed E-state index contributed by atoms with van der Waals surface area (Å²) >= 11 is 0. The maximum atomic E-state index is 11.0. The fraction of sp³-hybridized carbons (Fsp3) is 0.562. The van der Waals surface area contributed by atoms with Gasteiger partial charge in [0.05, 0.1) is 4.92 Å². The number of aryl methyl sites for hydroxylation is 2. The summed E-state index contributed by atoms with van der Waals surface area (Å²) in [6.07, 6.45) is 8.84. The second kappa shape index (κ2) is 9.03. The van der Waals surface area contributed by atoms with E-state index in [9.17, 15) is 10.1 Å². The van der Waals surface area contributed by atoms with E-state index in [4.69, 9.17) is 9.59 Å². The Morgan fingerprint density at radius 1 is 1.24 bits per heavy atom. The molecule has 1 aromatic carbocycles. The van der Waals surface area contributed by atoms with Gasteiger partial charge in [0, 0.05) is 11.6 Å². The summed E-state index contributed by atoms with van der Waals surface area (Å²) < 4.78 is 0. The van der Waals surface area contributed by atoms with Crippen LogP contribution < -0.4 is 0 Å². The SMILES string of the molecule is Cc1ccc([N+](=O)[O-])c(CCC2CCCCC2)c1.O=C=O. The fourth-order valence-electron chi connectivity index (χ4n) is 2.93. The highest BCUT2D eigenvalue weighted by atomic mass is 16.6. The van der Waals surface area contributed by atoms with E-state index in [-0.39, 0.29) is 16.8 Å². The fourth-order valence-corrected chi connectivity index (χ4v) is 2.93. The lowest BCUT2D eigenvalue weighted by molar-refractivity contribution is -0.385. The first kappa shape index (κ1) is 17.1. The van der Waals surface area contributed by atoms with Gasteiger partial charge < -0.3 is 0 Å². The van der Waals surface area contributed by atoms with E-state index in [0.717, 1.165) is 29.9 Å². The molecule has 1 aromatic rings. The molecule has 5 heteroatoms. The highest BCUT2D eigenvalue weighted by molar-refractivity contribution is 5.42. The summed E-state index contributed by atoms with van der Waals surface area (Å²) in [5.74, 6) is 0.777. The molecular weight excluding hydrogens is 270 g/mol. The molecule has 0 N–H and O–H groups in total. The van der Waals surface area contributed by atoms with Crippen molar-refractivity contribution in [2.24, 2.45) is 5.92 Å². The van der Waals surface area contributed by atoms with E-state index in [1.807, 2.05) is 19.1 Å². The van der Waals surface area contributed by atoms with Crippen LogP contribution in [0.2, 0.25) is 0 Å². The molecule has 0 heterocycles. The van der Waals surface area contributed by atoms with Crippen molar-refractivity contribution < 1.29 is 14.5 Å². The minimum Gasteiger partial charge on any atom is -0.258 e. The molecule has 0 radical (unpaired) electrons. The van der Waals surface area contributed by atoms with Crippen molar-refractivity contribution in [3.63, 3.8) is 0 Å². The molecule has 0 saturated heterocycles. The van der Waals surface area contributed by atoms with E-state index in [1.165, 1.54) is 32.1 Å². The molecule has 0 spiro atoms. The summed E-state index contributed by atoms with van der Waals surface area (Å²) in [7, 11) is 0. The van der Waals surface area contributed by atoms with Crippen LogP contribution in [0.1, 0.15) is 49.7 Å². The highest BCUT2D eigenvalue weighted by Gasteiger charge is 2.17. The second-order valence-electron chi connectivity index (χ2n) is 5.52. The molecule has 1 aliphatic rings. The predicted octanol–water partition coefficient (Wildman–Crippen LogP) is 3.83. The van der Waals surface area contributed by atoms with Gasteiger partial charge in [0.2, 0.25) is 0 Å². The van der Waals surface area contributed by atoms with Gasteiger partial charge in [-0.15, -0.1) is 0 Å². The van der Waals surface area contributed by atoms with E-state index in [1.54, 1.807) is 6.07 Å². The molecule has 1 aliphatic carbocycles. The lowest BCUT2D eigenvalue weighted by Crippen LogP contribution is -2.08. The molecule has 2 rings (SSSR count). The number of hydrogen-bond donors (Lipinski definition) is 0. The van der Waals surface area contributed by atoms with Gasteiger partial charge in [-0.1, -0.05) is 43.7 Å². The van der Waals surface area contributed by atoms with Gasteiger partial charge in [-0.25, -0.2) is 0 Å². The third kappa shape index (κ3) is 5.88. The van der Waals surface area contributed by atoms with Gasteiger partial charge >= 0.3 is 6.15 Å². The van der Waals surface area contributed by atoms with Crippen molar-refractivity contribution in [3.05, 3.63) is 39.4 Å². The summed E-state index contributed by atoms with van der Waals surface area (Å²) in [6, 6.07) is 5.44. The van der Waals surface area contributed by atoms with Crippen molar-refractivity contribution in [2.45, 2.75) is 51.9 Å². The third-order valence-electron chi connectivity index (χ3n) is 3.98. The van der Waals surface area contributed by atoms with Crippen LogP contribution >= 0.6 is 0 Å². The minimum atomic E-state index is -0.254. The van der Waals surface area contributed by atoms with Crippen LogP contribution in [0.25, 0.3) is 0 Å². The minimum absolute atomic E-state index is 0.250.